The number of nitrogens with zero attached hydrogens (tertiary/aromatic N) is 6. The fourth-order valence-corrected chi connectivity index (χ4v) is 4.93. The Kier molecular flexibility index (Phi) is 5.61. The summed E-state index contributed by atoms with van der Waals surface area (Å²) in [6, 6.07) is 15.3. The molecular weight excluding hydrogens is 447 g/mol. The lowest BCUT2D eigenvalue weighted by Crippen LogP contribution is -2.53. The molecule has 2 unspecified atom stereocenters. The third kappa shape index (κ3) is 3.65. The second kappa shape index (κ2) is 8.56. The van der Waals surface area contributed by atoms with Gasteiger partial charge < -0.3 is 9.80 Å². The summed E-state index contributed by atoms with van der Waals surface area (Å²) in [5, 5.41) is 5.22. The molecule has 32 heavy (non-hydrogen) atoms. The molecule has 164 valence electrons. The molecule has 0 radical (unpaired) electrons. The van der Waals surface area contributed by atoms with Gasteiger partial charge in [-0.3, -0.25) is 4.79 Å². The predicted octanol–water partition coefficient (Wildman–Crippen LogP) is 4.25. The molecule has 2 aliphatic heterocycles. The average Bonchev–Trinajstić information content (AvgIpc) is 3.28. The largest absolute Gasteiger partial charge is 0.368 e. The molecule has 3 heterocycles. The fraction of sp³-hybridized carbons (Fsp3) is 0.304. The van der Waals surface area contributed by atoms with Crippen molar-refractivity contribution in [1.29, 1.82) is 0 Å². The highest BCUT2D eigenvalue weighted by molar-refractivity contribution is 6.42. The minimum Gasteiger partial charge on any atom is -0.368 e. The van der Waals surface area contributed by atoms with Gasteiger partial charge in [0.25, 0.3) is 0 Å². The molecule has 0 spiro atoms. The quantitative estimate of drug-likeness (QED) is 0.576. The number of carbonyl (C=O) groups excluding carboxylic acids is 1. The summed E-state index contributed by atoms with van der Waals surface area (Å²) in [6.07, 6.45) is 1.45. The summed E-state index contributed by atoms with van der Waals surface area (Å²) in [6.45, 7) is 4.69. The molecule has 0 bridgehead atoms. The second-order valence-electron chi connectivity index (χ2n) is 7.97. The Hall–Kier alpha value is -2.90. The third-order valence-corrected chi connectivity index (χ3v) is 6.97. The van der Waals surface area contributed by atoms with Crippen LogP contribution in [0.5, 0.6) is 0 Å². The number of amides is 1. The predicted molar refractivity (Wildman–Crippen MR) is 126 cm³/mol. The molecule has 5 rings (SSSR count). The van der Waals surface area contributed by atoms with Gasteiger partial charge in [0.2, 0.25) is 11.9 Å². The molecule has 2 aliphatic rings. The van der Waals surface area contributed by atoms with Gasteiger partial charge in [0.15, 0.2) is 0 Å². The molecule has 9 heteroatoms. The molecule has 1 aromatic heterocycles. The normalized spacial score (nSPS) is 20.7. The van der Waals surface area contributed by atoms with E-state index in [1.165, 1.54) is 12.0 Å². The van der Waals surface area contributed by atoms with Gasteiger partial charge in [-0.2, -0.15) is 10.1 Å². The number of aromatic nitrogens is 3. The number of para-hydroxylation sites is 1. The number of piperazine rings is 1. The molecule has 1 fully saturated rings. The Balaban J connectivity index is 1.45. The van der Waals surface area contributed by atoms with E-state index in [1.54, 1.807) is 10.7 Å². The van der Waals surface area contributed by atoms with Crippen molar-refractivity contribution in [2.24, 2.45) is 10.9 Å². The molecule has 2 aromatic carbocycles. The van der Waals surface area contributed by atoms with Gasteiger partial charge in [-0.1, -0.05) is 53.5 Å². The van der Waals surface area contributed by atoms with Crippen LogP contribution in [0.3, 0.4) is 0 Å². The number of fused-ring (bicyclic) bond motifs is 1. The van der Waals surface area contributed by atoms with Crippen molar-refractivity contribution in [3.05, 3.63) is 70.5 Å². The van der Waals surface area contributed by atoms with E-state index in [0.29, 0.717) is 34.8 Å². The third-order valence-electron chi connectivity index (χ3n) is 6.14. The molecule has 0 N–H and O–H groups in total. The summed E-state index contributed by atoms with van der Waals surface area (Å²) >= 11 is 12.9. The zero-order chi connectivity index (χ0) is 22.2. The van der Waals surface area contributed by atoms with Crippen LogP contribution in [0, 0.1) is 5.92 Å². The van der Waals surface area contributed by atoms with Crippen LogP contribution >= 0.6 is 23.2 Å². The number of hydrogen-bond acceptors (Lipinski definition) is 5. The number of rotatable bonds is 3. The Morgan fingerprint density at radius 3 is 2.50 bits per heavy atom. The van der Waals surface area contributed by atoms with Crippen molar-refractivity contribution in [2.45, 2.75) is 13.0 Å². The van der Waals surface area contributed by atoms with Crippen LogP contribution in [0.15, 0.2) is 59.9 Å². The maximum Gasteiger partial charge on any atom is 0.248 e. The highest BCUT2D eigenvalue weighted by Gasteiger charge is 2.42. The summed E-state index contributed by atoms with van der Waals surface area (Å²) in [5.74, 6) is -0.0638. The van der Waals surface area contributed by atoms with Crippen LogP contribution in [-0.2, 0) is 4.79 Å². The first-order valence-electron chi connectivity index (χ1n) is 10.5. The first kappa shape index (κ1) is 21.0. The lowest BCUT2D eigenvalue weighted by molar-refractivity contribution is -0.134. The average molecular weight is 469 g/mol. The monoisotopic (exact) mass is 468 g/mol. The van der Waals surface area contributed by atoms with Gasteiger partial charge in [0.05, 0.1) is 16.1 Å². The molecule has 1 amide bonds. The molecular formula is C23H22Cl2N6O. The number of aliphatic imine (C=N–C) groups is 1. The second-order valence-corrected chi connectivity index (χ2v) is 8.76. The van der Waals surface area contributed by atoms with Gasteiger partial charge in [0.1, 0.15) is 12.2 Å². The summed E-state index contributed by atoms with van der Waals surface area (Å²) in [4.78, 5) is 26.8. The lowest BCUT2D eigenvalue weighted by Gasteiger charge is -2.39. The number of carbonyl (C=O) groups is 1. The van der Waals surface area contributed by atoms with Crippen molar-refractivity contribution in [3.8, 4) is 0 Å². The summed E-state index contributed by atoms with van der Waals surface area (Å²) in [5.41, 5.74) is 2.61. The summed E-state index contributed by atoms with van der Waals surface area (Å²) in [7, 11) is 0. The van der Waals surface area contributed by atoms with E-state index in [1.807, 2.05) is 42.2 Å². The van der Waals surface area contributed by atoms with Crippen LogP contribution in [0.25, 0.3) is 0 Å². The minimum absolute atomic E-state index is 0.0150. The Bertz CT molecular complexity index is 1170. The molecule has 2 atom stereocenters. The first-order valence-corrected chi connectivity index (χ1v) is 11.3. The SMILES string of the molecule is CC1=Nc2ncnn2C(c2cccc(Cl)c2Cl)C1C(=O)N1CCN(c2ccccc2)CC1. The van der Waals surface area contributed by atoms with Crippen molar-refractivity contribution in [1.82, 2.24) is 19.7 Å². The van der Waals surface area contributed by atoms with Gasteiger partial charge in [-0.05, 0) is 30.7 Å². The van der Waals surface area contributed by atoms with Gasteiger partial charge in [0, 0.05) is 37.6 Å². The van der Waals surface area contributed by atoms with Crippen molar-refractivity contribution in [3.63, 3.8) is 0 Å². The van der Waals surface area contributed by atoms with E-state index in [0.717, 1.165) is 18.7 Å². The molecule has 0 aliphatic carbocycles. The highest BCUT2D eigenvalue weighted by Crippen LogP contribution is 2.40. The molecule has 7 nitrogen and oxygen atoms in total. The first-order chi connectivity index (χ1) is 15.5. The van der Waals surface area contributed by atoms with Crippen LogP contribution in [0.4, 0.5) is 11.6 Å². The van der Waals surface area contributed by atoms with E-state index in [2.05, 4.69) is 32.1 Å². The van der Waals surface area contributed by atoms with Gasteiger partial charge in [-0.15, -0.1) is 0 Å². The molecule has 3 aromatic rings. The van der Waals surface area contributed by atoms with Crippen molar-refractivity contribution < 1.29 is 4.79 Å². The number of hydrogen-bond donors (Lipinski definition) is 0. The van der Waals surface area contributed by atoms with Crippen LogP contribution < -0.4 is 4.90 Å². The maximum absolute atomic E-state index is 13.8. The zero-order valence-corrected chi connectivity index (χ0v) is 19.0. The van der Waals surface area contributed by atoms with E-state index < -0.39 is 12.0 Å². The minimum atomic E-state index is -0.538. The van der Waals surface area contributed by atoms with Crippen LogP contribution in [0.2, 0.25) is 10.0 Å². The Morgan fingerprint density at radius 1 is 1.00 bits per heavy atom. The van der Waals surface area contributed by atoms with E-state index >= 15 is 0 Å². The zero-order valence-electron chi connectivity index (χ0n) is 17.5. The number of benzene rings is 2. The van der Waals surface area contributed by atoms with Crippen molar-refractivity contribution >= 4 is 46.5 Å². The summed E-state index contributed by atoms with van der Waals surface area (Å²) < 4.78 is 1.67. The Morgan fingerprint density at radius 2 is 1.75 bits per heavy atom. The Labute approximate surface area is 196 Å². The van der Waals surface area contributed by atoms with E-state index in [4.69, 9.17) is 23.2 Å². The standard InChI is InChI=1S/C23H22Cl2N6O/c1-15-19(22(32)30-12-10-29(11-13-30)16-6-3-2-4-7-16)21(31-23(28-15)26-14-27-31)17-8-5-9-18(24)20(17)25/h2-9,14,19,21H,10-13H2,1H3. The lowest BCUT2D eigenvalue weighted by atomic mass is 9.87. The molecule has 1 saturated heterocycles. The topological polar surface area (TPSA) is 66.6 Å². The maximum atomic E-state index is 13.8. The fourth-order valence-electron chi connectivity index (χ4n) is 4.51. The van der Waals surface area contributed by atoms with Gasteiger partial charge in [-0.25, -0.2) is 9.67 Å². The highest BCUT2D eigenvalue weighted by atomic mass is 35.5. The molecule has 0 saturated carbocycles. The van der Waals surface area contributed by atoms with Crippen LogP contribution in [-0.4, -0.2) is 57.5 Å². The van der Waals surface area contributed by atoms with Gasteiger partial charge >= 0.3 is 0 Å². The smallest absolute Gasteiger partial charge is 0.248 e. The number of halogens is 2. The number of anilines is 1. The van der Waals surface area contributed by atoms with Crippen LogP contribution in [0.1, 0.15) is 18.5 Å². The van der Waals surface area contributed by atoms with E-state index in [-0.39, 0.29) is 5.91 Å². The van der Waals surface area contributed by atoms with Crippen molar-refractivity contribution in [2.75, 3.05) is 31.1 Å². The van der Waals surface area contributed by atoms with E-state index in [9.17, 15) is 4.79 Å².